The fourth-order valence-electron chi connectivity index (χ4n) is 4.92. The van der Waals surface area contributed by atoms with Gasteiger partial charge < -0.3 is 10.2 Å². The summed E-state index contributed by atoms with van der Waals surface area (Å²) in [6.07, 6.45) is 10.3. The van der Waals surface area contributed by atoms with Crippen LogP contribution in [0.15, 0.2) is 0 Å². The van der Waals surface area contributed by atoms with Gasteiger partial charge in [0.15, 0.2) is 0 Å². The van der Waals surface area contributed by atoms with Crippen LogP contribution in [0.2, 0.25) is 0 Å². The van der Waals surface area contributed by atoms with Gasteiger partial charge in [-0.3, -0.25) is 4.79 Å². The van der Waals surface area contributed by atoms with Crippen LogP contribution in [-0.4, -0.2) is 43.9 Å². The molecule has 3 heteroatoms. The highest BCUT2D eigenvalue weighted by atomic mass is 16.1. The van der Waals surface area contributed by atoms with Gasteiger partial charge in [0.05, 0.1) is 0 Å². The van der Waals surface area contributed by atoms with E-state index < -0.39 is 0 Å². The normalized spacial score (nSPS) is 28.6. The van der Waals surface area contributed by atoms with E-state index in [1.165, 1.54) is 32.4 Å². The van der Waals surface area contributed by atoms with Crippen LogP contribution in [0, 0.1) is 10.8 Å². The van der Waals surface area contributed by atoms with Crippen LogP contribution in [0.25, 0.3) is 0 Å². The Balaban J connectivity index is 1.93. The molecule has 1 aliphatic carbocycles. The van der Waals surface area contributed by atoms with Crippen molar-refractivity contribution in [3.05, 3.63) is 0 Å². The lowest BCUT2D eigenvalue weighted by Gasteiger charge is -2.44. The molecule has 0 radical (unpaired) electrons. The highest BCUT2D eigenvalue weighted by Crippen LogP contribution is 2.51. The average molecular weight is 309 g/mol. The van der Waals surface area contributed by atoms with Gasteiger partial charge in [-0.25, -0.2) is 0 Å². The Labute approximate surface area is 137 Å². The number of rotatable bonds is 8. The zero-order valence-electron chi connectivity index (χ0n) is 15.0. The molecule has 1 spiro atoms. The van der Waals surface area contributed by atoms with Crippen LogP contribution >= 0.6 is 0 Å². The van der Waals surface area contributed by atoms with Gasteiger partial charge in [0.1, 0.15) is 5.78 Å². The maximum Gasteiger partial charge on any atom is 0.139 e. The smallest absolute Gasteiger partial charge is 0.139 e. The first kappa shape index (κ1) is 17.9. The topological polar surface area (TPSA) is 32.3 Å². The molecule has 0 bridgehead atoms. The molecule has 0 aromatic carbocycles. The molecule has 1 atom stereocenters. The summed E-state index contributed by atoms with van der Waals surface area (Å²) in [6.45, 7) is 9.11. The molecule has 0 aromatic heterocycles. The van der Waals surface area contributed by atoms with Crippen LogP contribution in [0.3, 0.4) is 0 Å². The Morgan fingerprint density at radius 3 is 2.45 bits per heavy atom. The van der Waals surface area contributed by atoms with Crippen LogP contribution in [-0.2, 0) is 4.79 Å². The van der Waals surface area contributed by atoms with E-state index in [1.807, 2.05) is 7.05 Å². The average Bonchev–Trinajstić information content (AvgIpc) is 2.88. The lowest BCUT2D eigenvalue weighted by atomic mass is 9.59. The van der Waals surface area contributed by atoms with Gasteiger partial charge in [-0.05, 0) is 70.6 Å². The molecule has 0 amide bonds. The molecule has 1 saturated heterocycles. The third-order valence-electron chi connectivity index (χ3n) is 6.14. The van der Waals surface area contributed by atoms with Gasteiger partial charge in [0.25, 0.3) is 0 Å². The number of likely N-dealkylation sites (tertiary alicyclic amines) is 1. The van der Waals surface area contributed by atoms with Crippen molar-refractivity contribution in [3.63, 3.8) is 0 Å². The van der Waals surface area contributed by atoms with Crippen molar-refractivity contribution >= 4 is 5.78 Å². The number of hydrogen-bond donors (Lipinski definition) is 1. The summed E-state index contributed by atoms with van der Waals surface area (Å²) >= 11 is 0. The van der Waals surface area contributed by atoms with E-state index in [9.17, 15) is 4.79 Å². The monoisotopic (exact) mass is 308 g/mol. The molecule has 1 N–H and O–H groups in total. The van der Waals surface area contributed by atoms with Crippen molar-refractivity contribution in [2.45, 2.75) is 71.6 Å². The van der Waals surface area contributed by atoms with E-state index >= 15 is 0 Å². The number of ketones is 1. The summed E-state index contributed by atoms with van der Waals surface area (Å²) in [5, 5.41) is 3.23. The van der Waals surface area contributed by atoms with E-state index in [2.05, 4.69) is 24.1 Å². The van der Waals surface area contributed by atoms with Crippen LogP contribution in [0.1, 0.15) is 71.6 Å². The number of nitrogens with zero attached hydrogens (tertiary/aromatic N) is 1. The second kappa shape index (κ2) is 7.92. The summed E-state index contributed by atoms with van der Waals surface area (Å²) in [7, 11) is 2.02. The Kier molecular flexibility index (Phi) is 6.46. The number of carbonyl (C=O) groups excluding carboxylic acids is 1. The van der Waals surface area contributed by atoms with Crippen molar-refractivity contribution in [1.29, 1.82) is 0 Å². The highest BCUT2D eigenvalue weighted by Gasteiger charge is 2.49. The van der Waals surface area contributed by atoms with E-state index in [1.54, 1.807) is 0 Å². The fourth-order valence-corrected chi connectivity index (χ4v) is 4.92. The van der Waals surface area contributed by atoms with Gasteiger partial charge in [-0.1, -0.05) is 26.7 Å². The maximum absolute atomic E-state index is 13.0. The number of Topliss-reactive ketones (excluding diaryl/α,β-unsaturated/α-hetero) is 1. The van der Waals surface area contributed by atoms with Crippen LogP contribution in [0.4, 0.5) is 0 Å². The third-order valence-corrected chi connectivity index (χ3v) is 6.14. The molecule has 22 heavy (non-hydrogen) atoms. The molecule has 2 rings (SSSR count). The van der Waals surface area contributed by atoms with Gasteiger partial charge in [-0.2, -0.15) is 0 Å². The van der Waals surface area contributed by atoms with Crippen molar-refractivity contribution in [1.82, 2.24) is 10.2 Å². The Morgan fingerprint density at radius 2 is 1.86 bits per heavy atom. The molecule has 1 heterocycles. The predicted octanol–water partition coefficient (Wildman–Crippen LogP) is 3.63. The van der Waals surface area contributed by atoms with Crippen molar-refractivity contribution in [2.75, 3.05) is 33.2 Å². The summed E-state index contributed by atoms with van der Waals surface area (Å²) < 4.78 is 0. The molecule has 128 valence electrons. The number of carbonyl (C=O) groups is 1. The van der Waals surface area contributed by atoms with E-state index in [4.69, 9.17) is 0 Å². The lowest BCUT2D eigenvalue weighted by Crippen LogP contribution is -2.43. The van der Waals surface area contributed by atoms with E-state index in [-0.39, 0.29) is 5.41 Å². The van der Waals surface area contributed by atoms with Gasteiger partial charge in [0, 0.05) is 18.4 Å². The summed E-state index contributed by atoms with van der Waals surface area (Å²) in [6, 6.07) is 0. The first-order valence-electron chi connectivity index (χ1n) is 9.50. The second-order valence-electron chi connectivity index (χ2n) is 7.86. The quantitative estimate of drug-likeness (QED) is 0.695. The first-order valence-corrected chi connectivity index (χ1v) is 9.50. The standard InChI is InChI=1S/C19H36N2O/c1-4-7-19(8-5-2)10-9-18(15-17(19)22)11-14-21(16-18)13-6-12-20-3/h20H,4-16H2,1-3H3. The lowest BCUT2D eigenvalue weighted by molar-refractivity contribution is -0.137. The fraction of sp³-hybridized carbons (Fsp3) is 0.947. The summed E-state index contributed by atoms with van der Waals surface area (Å²) in [4.78, 5) is 15.6. The Bertz CT molecular complexity index is 362. The first-order chi connectivity index (χ1) is 10.6. The largest absolute Gasteiger partial charge is 0.320 e. The summed E-state index contributed by atoms with van der Waals surface area (Å²) in [5.41, 5.74) is 0.357. The minimum Gasteiger partial charge on any atom is -0.320 e. The zero-order chi connectivity index (χ0) is 16.1. The number of nitrogens with one attached hydrogen (secondary N) is 1. The van der Waals surface area contributed by atoms with E-state index in [0.29, 0.717) is 11.2 Å². The highest BCUT2D eigenvalue weighted by molar-refractivity contribution is 5.86. The van der Waals surface area contributed by atoms with Crippen molar-refractivity contribution in [2.24, 2.45) is 10.8 Å². The molecule has 1 unspecified atom stereocenters. The minimum atomic E-state index is 0.0360. The van der Waals surface area contributed by atoms with Crippen LogP contribution < -0.4 is 5.32 Å². The molecule has 2 aliphatic rings. The maximum atomic E-state index is 13.0. The molecular weight excluding hydrogens is 272 g/mol. The zero-order valence-corrected chi connectivity index (χ0v) is 15.0. The SMILES string of the molecule is CCCC1(CCC)CCC2(CCN(CCCNC)C2)CC1=O. The molecule has 2 fully saturated rings. The minimum absolute atomic E-state index is 0.0360. The predicted molar refractivity (Wildman–Crippen MR) is 93.1 cm³/mol. The molecular formula is C19H36N2O. The second-order valence-corrected chi connectivity index (χ2v) is 7.86. The molecule has 1 aliphatic heterocycles. The molecule has 3 nitrogen and oxygen atoms in total. The molecule has 0 aromatic rings. The Morgan fingerprint density at radius 1 is 1.14 bits per heavy atom. The number of hydrogen-bond acceptors (Lipinski definition) is 3. The Hall–Kier alpha value is -0.410. The van der Waals surface area contributed by atoms with Crippen molar-refractivity contribution in [3.8, 4) is 0 Å². The molecule has 1 saturated carbocycles. The van der Waals surface area contributed by atoms with Gasteiger partial charge in [0.2, 0.25) is 0 Å². The van der Waals surface area contributed by atoms with Gasteiger partial charge in [-0.15, -0.1) is 0 Å². The van der Waals surface area contributed by atoms with Gasteiger partial charge >= 0.3 is 0 Å². The van der Waals surface area contributed by atoms with Crippen molar-refractivity contribution < 1.29 is 4.79 Å². The summed E-state index contributed by atoms with van der Waals surface area (Å²) in [5.74, 6) is 0.597. The van der Waals surface area contributed by atoms with E-state index in [0.717, 1.165) is 51.6 Å². The third kappa shape index (κ3) is 3.91. The van der Waals surface area contributed by atoms with Crippen LogP contribution in [0.5, 0.6) is 0 Å².